The average molecular weight is 243 g/mol. The van der Waals surface area contributed by atoms with Crippen molar-refractivity contribution in [1.82, 2.24) is 20.3 Å². The van der Waals surface area contributed by atoms with Gasteiger partial charge >= 0.3 is 0 Å². The fraction of sp³-hybridized carbons (Fsp3) is 0.167. The summed E-state index contributed by atoms with van der Waals surface area (Å²) < 4.78 is 0. The van der Waals surface area contributed by atoms with E-state index in [9.17, 15) is 4.79 Å². The molecule has 2 heterocycles. The maximum atomic E-state index is 11.8. The topological polar surface area (TPSA) is 93.8 Å². The van der Waals surface area contributed by atoms with Crippen molar-refractivity contribution in [3.05, 3.63) is 47.8 Å². The number of nitrogens with zero attached hydrogens (tertiary/aromatic N) is 3. The standard InChI is InChI=1S/C12H13N5O/c1-8-14-5-4-10(17-8)7-16-12(18)11-3-2-9(13)6-15-11/h2-6H,7,13H2,1H3,(H,16,18). The number of nitrogens with two attached hydrogens (primary N) is 1. The van der Waals surface area contributed by atoms with Gasteiger partial charge in [-0.25, -0.2) is 15.0 Å². The predicted molar refractivity (Wildman–Crippen MR) is 66.6 cm³/mol. The van der Waals surface area contributed by atoms with Crippen LogP contribution in [-0.4, -0.2) is 20.9 Å². The Hall–Kier alpha value is -2.50. The molecule has 0 aliphatic heterocycles. The minimum atomic E-state index is -0.258. The minimum absolute atomic E-state index is 0.258. The molecular weight excluding hydrogens is 230 g/mol. The van der Waals surface area contributed by atoms with Crippen molar-refractivity contribution in [2.24, 2.45) is 0 Å². The molecule has 0 saturated carbocycles. The van der Waals surface area contributed by atoms with Crippen molar-refractivity contribution in [3.8, 4) is 0 Å². The van der Waals surface area contributed by atoms with E-state index in [1.54, 1.807) is 31.3 Å². The number of rotatable bonds is 3. The van der Waals surface area contributed by atoms with Crippen LogP contribution in [0.15, 0.2) is 30.6 Å². The molecule has 18 heavy (non-hydrogen) atoms. The zero-order chi connectivity index (χ0) is 13.0. The number of carbonyl (C=O) groups excluding carboxylic acids is 1. The third kappa shape index (κ3) is 3.00. The first-order chi connectivity index (χ1) is 8.65. The first-order valence-corrected chi connectivity index (χ1v) is 5.43. The number of amides is 1. The van der Waals surface area contributed by atoms with Crippen LogP contribution in [0, 0.1) is 6.92 Å². The van der Waals surface area contributed by atoms with E-state index < -0.39 is 0 Å². The quantitative estimate of drug-likeness (QED) is 0.827. The Morgan fingerprint density at radius 1 is 1.33 bits per heavy atom. The molecule has 6 heteroatoms. The Morgan fingerprint density at radius 3 is 2.83 bits per heavy atom. The monoisotopic (exact) mass is 243 g/mol. The van der Waals surface area contributed by atoms with Crippen LogP contribution in [0.25, 0.3) is 0 Å². The molecule has 0 saturated heterocycles. The summed E-state index contributed by atoms with van der Waals surface area (Å²) in [6.07, 6.45) is 3.11. The van der Waals surface area contributed by atoms with Gasteiger partial charge in [-0.3, -0.25) is 4.79 Å². The first kappa shape index (κ1) is 12.0. The summed E-state index contributed by atoms with van der Waals surface area (Å²) in [6.45, 7) is 2.14. The predicted octanol–water partition coefficient (Wildman–Crippen LogP) is 0.692. The third-order valence-corrected chi connectivity index (χ3v) is 2.28. The van der Waals surface area contributed by atoms with Gasteiger partial charge in [0, 0.05) is 6.20 Å². The van der Waals surface area contributed by atoms with Gasteiger partial charge in [-0.2, -0.15) is 0 Å². The Balaban J connectivity index is 1.98. The number of aryl methyl sites for hydroxylation is 1. The van der Waals surface area contributed by atoms with Gasteiger partial charge in [0.15, 0.2) is 0 Å². The van der Waals surface area contributed by atoms with Crippen LogP contribution in [0.1, 0.15) is 22.0 Å². The maximum absolute atomic E-state index is 11.8. The van der Waals surface area contributed by atoms with Crippen LogP contribution >= 0.6 is 0 Å². The highest BCUT2D eigenvalue weighted by Gasteiger charge is 2.06. The molecule has 1 amide bonds. The lowest BCUT2D eigenvalue weighted by atomic mass is 10.3. The Labute approximate surface area is 104 Å². The molecule has 0 bridgehead atoms. The molecule has 0 spiro atoms. The van der Waals surface area contributed by atoms with Crippen molar-refractivity contribution in [1.29, 1.82) is 0 Å². The van der Waals surface area contributed by atoms with E-state index in [0.29, 0.717) is 23.8 Å². The second kappa shape index (κ2) is 5.22. The maximum Gasteiger partial charge on any atom is 0.270 e. The van der Waals surface area contributed by atoms with Crippen molar-refractivity contribution >= 4 is 11.6 Å². The lowest BCUT2D eigenvalue weighted by Crippen LogP contribution is -2.24. The first-order valence-electron chi connectivity index (χ1n) is 5.43. The number of pyridine rings is 1. The summed E-state index contributed by atoms with van der Waals surface area (Å²) in [7, 11) is 0. The molecular formula is C12H13N5O. The van der Waals surface area contributed by atoms with E-state index in [2.05, 4.69) is 20.3 Å². The summed E-state index contributed by atoms with van der Waals surface area (Å²) in [6, 6.07) is 4.97. The van der Waals surface area contributed by atoms with E-state index in [0.717, 1.165) is 5.69 Å². The highest BCUT2D eigenvalue weighted by molar-refractivity contribution is 5.92. The van der Waals surface area contributed by atoms with Crippen LogP contribution in [0.2, 0.25) is 0 Å². The van der Waals surface area contributed by atoms with Crippen molar-refractivity contribution < 1.29 is 4.79 Å². The number of aromatic nitrogens is 3. The van der Waals surface area contributed by atoms with Crippen LogP contribution in [0.5, 0.6) is 0 Å². The van der Waals surface area contributed by atoms with Crippen LogP contribution in [-0.2, 0) is 6.54 Å². The second-order valence-electron chi connectivity index (χ2n) is 3.75. The number of hydrogen-bond donors (Lipinski definition) is 2. The van der Waals surface area contributed by atoms with Gasteiger partial charge in [-0.05, 0) is 25.1 Å². The fourth-order valence-corrected chi connectivity index (χ4v) is 1.40. The van der Waals surface area contributed by atoms with Gasteiger partial charge in [0.05, 0.1) is 24.1 Å². The highest BCUT2D eigenvalue weighted by Crippen LogP contribution is 2.01. The molecule has 0 aliphatic carbocycles. The van der Waals surface area contributed by atoms with Crippen molar-refractivity contribution in [3.63, 3.8) is 0 Å². The van der Waals surface area contributed by atoms with Crippen LogP contribution < -0.4 is 11.1 Å². The smallest absolute Gasteiger partial charge is 0.270 e. The van der Waals surface area contributed by atoms with Crippen molar-refractivity contribution in [2.45, 2.75) is 13.5 Å². The summed E-state index contributed by atoms with van der Waals surface area (Å²) in [5.74, 6) is 0.415. The Morgan fingerprint density at radius 2 is 2.17 bits per heavy atom. The average Bonchev–Trinajstić information content (AvgIpc) is 2.37. The molecule has 0 atom stereocenters. The van der Waals surface area contributed by atoms with E-state index >= 15 is 0 Å². The summed E-state index contributed by atoms with van der Waals surface area (Å²) in [5.41, 5.74) is 7.11. The van der Waals surface area contributed by atoms with Gasteiger partial charge in [-0.1, -0.05) is 0 Å². The van der Waals surface area contributed by atoms with E-state index in [4.69, 9.17) is 5.73 Å². The zero-order valence-electron chi connectivity index (χ0n) is 9.92. The zero-order valence-corrected chi connectivity index (χ0v) is 9.92. The number of nitrogens with one attached hydrogen (secondary N) is 1. The highest BCUT2D eigenvalue weighted by atomic mass is 16.1. The molecule has 2 rings (SSSR count). The van der Waals surface area contributed by atoms with Gasteiger partial charge in [0.2, 0.25) is 0 Å². The Kier molecular flexibility index (Phi) is 3.47. The van der Waals surface area contributed by atoms with Crippen molar-refractivity contribution in [2.75, 3.05) is 5.73 Å². The molecule has 6 nitrogen and oxygen atoms in total. The molecule has 0 fully saturated rings. The van der Waals surface area contributed by atoms with E-state index in [-0.39, 0.29) is 5.91 Å². The third-order valence-electron chi connectivity index (χ3n) is 2.28. The SMILES string of the molecule is Cc1nccc(CNC(=O)c2ccc(N)cn2)n1. The normalized spacial score (nSPS) is 10.1. The Bertz CT molecular complexity index is 553. The fourth-order valence-electron chi connectivity index (χ4n) is 1.40. The molecule has 92 valence electrons. The summed E-state index contributed by atoms with van der Waals surface area (Å²) in [5, 5.41) is 2.73. The molecule has 3 N–H and O–H groups in total. The lowest BCUT2D eigenvalue weighted by molar-refractivity contribution is 0.0945. The van der Waals surface area contributed by atoms with Gasteiger partial charge in [-0.15, -0.1) is 0 Å². The second-order valence-corrected chi connectivity index (χ2v) is 3.75. The largest absolute Gasteiger partial charge is 0.397 e. The van der Waals surface area contributed by atoms with Gasteiger partial charge in [0.1, 0.15) is 11.5 Å². The molecule has 0 aliphatic rings. The van der Waals surface area contributed by atoms with Crippen LogP contribution in [0.4, 0.5) is 5.69 Å². The lowest BCUT2D eigenvalue weighted by Gasteiger charge is -2.04. The molecule has 2 aromatic rings. The summed E-state index contributed by atoms with van der Waals surface area (Å²) >= 11 is 0. The number of anilines is 1. The number of nitrogen functional groups attached to an aromatic ring is 1. The molecule has 0 radical (unpaired) electrons. The molecule has 0 unspecified atom stereocenters. The van der Waals surface area contributed by atoms with Gasteiger partial charge in [0.25, 0.3) is 5.91 Å². The van der Waals surface area contributed by atoms with Crippen LogP contribution in [0.3, 0.4) is 0 Å². The molecule has 2 aromatic heterocycles. The van der Waals surface area contributed by atoms with E-state index in [1.807, 2.05) is 0 Å². The number of carbonyl (C=O) groups is 1. The molecule has 0 aromatic carbocycles. The van der Waals surface area contributed by atoms with Gasteiger partial charge < -0.3 is 11.1 Å². The van der Waals surface area contributed by atoms with E-state index in [1.165, 1.54) is 6.20 Å². The number of hydrogen-bond acceptors (Lipinski definition) is 5. The summed E-state index contributed by atoms with van der Waals surface area (Å²) in [4.78, 5) is 23.9. The minimum Gasteiger partial charge on any atom is -0.397 e.